The zero-order valence-corrected chi connectivity index (χ0v) is 48.3. The molecule has 0 radical (unpaired) electrons. The molecule has 3 aliphatic rings. The molecule has 0 aliphatic heterocycles. The molecule has 18 rings (SSSR count). The summed E-state index contributed by atoms with van der Waals surface area (Å²) < 4.78 is 16.6. The van der Waals surface area contributed by atoms with Gasteiger partial charge in [0.15, 0.2) is 0 Å². The Balaban J connectivity index is 0.846. The molecule has 85 heavy (non-hydrogen) atoms. The van der Waals surface area contributed by atoms with Crippen LogP contribution in [0.3, 0.4) is 0 Å². The average molecular weight is 1090 g/mol. The van der Waals surface area contributed by atoms with Crippen molar-refractivity contribution in [3.8, 4) is 61.3 Å². The first-order chi connectivity index (χ1) is 41.5. The lowest BCUT2D eigenvalue weighted by atomic mass is 9.72. The predicted molar refractivity (Wildman–Crippen MR) is 354 cm³/mol. The zero-order chi connectivity index (χ0) is 56.8. The molecule has 0 atom stereocenters. The molecule has 0 spiro atoms. The van der Waals surface area contributed by atoms with Gasteiger partial charge in [0.1, 0.15) is 22.3 Å². The van der Waals surface area contributed by atoms with Gasteiger partial charge in [-0.15, -0.1) is 0 Å². The van der Waals surface area contributed by atoms with Gasteiger partial charge in [-0.05, 0) is 151 Å². The summed E-state index contributed by atoms with van der Waals surface area (Å²) in [7, 11) is 0. The van der Waals surface area contributed by atoms with Crippen LogP contribution in [0, 0.1) is 0 Å². The molecule has 0 amide bonds. The van der Waals surface area contributed by atoms with E-state index in [2.05, 4.69) is 294 Å². The van der Waals surface area contributed by atoms with Crippen LogP contribution in [0.5, 0.6) is 0 Å². The van der Waals surface area contributed by atoms with Gasteiger partial charge in [-0.3, -0.25) is 0 Å². The van der Waals surface area contributed by atoms with Crippen molar-refractivity contribution in [3.05, 3.63) is 276 Å². The fraction of sp³-hybridized carbons (Fsp3) is 0.111. The maximum absolute atomic E-state index is 7.10. The molecular formula is C81H58N2O2. The van der Waals surface area contributed by atoms with E-state index in [1.807, 2.05) is 0 Å². The minimum Gasteiger partial charge on any atom is -0.455 e. The lowest BCUT2D eigenvalue weighted by Crippen LogP contribution is -2.24. The summed E-state index contributed by atoms with van der Waals surface area (Å²) in [6.45, 7) is 14.6. The molecule has 3 heterocycles. The second kappa shape index (κ2) is 17.0. The van der Waals surface area contributed by atoms with E-state index < -0.39 is 5.41 Å². The minimum atomic E-state index is -0.398. The van der Waals surface area contributed by atoms with Crippen molar-refractivity contribution in [2.45, 2.75) is 57.8 Å². The number of hydrogen-bond acceptors (Lipinski definition) is 3. The Morgan fingerprint density at radius 3 is 1.59 bits per heavy atom. The summed E-state index contributed by atoms with van der Waals surface area (Å²) in [6.07, 6.45) is 0. The molecule has 0 saturated heterocycles. The van der Waals surface area contributed by atoms with Crippen molar-refractivity contribution in [1.29, 1.82) is 0 Å². The molecule has 12 aromatic carbocycles. The second-order valence-electron chi connectivity index (χ2n) is 25.5. The van der Waals surface area contributed by atoms with Gasteiger partial charge >= 0.3 is 0 Å². The number of benzene rings is 12. The van der Waals surface area contributed by atoms with E-state index >= 15 is 0 Å². The molecule has 3 aromatic heterocycles. The summed E-state index contributed by atoms with van der Waals surface area (Å²) in [4.78, 5) is 2.53. The quantitative estimate of drug-likeness (QED) is 0.166. The van der Waals surface area contributed by atoms with Crippen molar-refractivity contribution in [1.82, 2.24) is 4.57 Å². The van der Waals surface area contributed by atoms with E-state index in [1.54, 1.807) is 0 Å². The zero-order valence-electron chi connectivity index (χ0n) is 48.3. The van der Waals surface area contributed by atoms with Gasteiger partial charge in [0, 0.05) is 82.3 Å². The third-order valence-electron chi connectivity index (χ3n) is 19.9. The summed E-state index contributed by atoms with van der Waals surface area (Å²) in [6, 6.07) is 89.6. The molecule has 4 nitrogen and oxygen atoms in total. The highest BCUT2D eigenvalue weighted by Gasteiger charge is 2.49. The highest BCUT2D eigenvalue weighted by Crippen LogP contribution is 2.64. The summed E-state index contributed by atoms with van der Waals surface area (Å²) in [5.41, 5.74) is 29.7. The van der Waals surface area contributed by atoms with E-state index in [9.17, 15) is 0 Å². The number of para-hydroxylation sites is 5. The first kappa shape index (κ1) is 48.4. The van der Waals surface area contributed by atoms with Gasteiger partial charge in [-0.25, -0.2) is 0 Å². The Morgan fingerprint density at radius 1 is 0.329 bits per heavy atom. The fourth-order valence-electron chi connectivity index (χ4n) is 16.0. The number of rotatable bonds is 6. The topological polar surface area (TPSA) is 34.5 Å². The monoisotopic (exact) mass is 1090 g/mol. The molecule has 0 bridgehead atoms. The number of furan rings is 2. The van der Waals surface area contributed by atoms with Gasteiger partial charge < -0.3 is 18.3 Å². The molecule has 4 heteroatoms. The van der Waals surface area contributed by atoms with Crippen LogP contribution in [0.15, 0.2) is 251 Å². The summed E-state index contributed by atoms with van der Waals surface area (Å²) in [5, 5.41) is 7.10. The minimum absolute atomic E-state index is 0.256. The highest BCUT2D eigenvalue weighted by atomic mass is 16.3. The van der Waals surface area contributed by atoms with Crippen molar-refractivity contribution < 1.29 is 8.83 Å². The van der Waals surface area contributed by atoms with E-state index in [1.165, 1.54) is 105 Å². The van der Waals surface area contributed by atoms with Crippen molar-refractivity contribution in [2.75, 3.05) is 4.90 Å². The molecule has 0 unspecified atom stereocenters. The maximum atomic E-state index is 7.10. The molecule has 0 fully saturated rings. The Hall–Kier alpha value is -10.2. The summed E-state index contributed by atoms with van der Waals surface area (Å²) >= 11 is 0. The van der Waals surface area contributed by atoms with Crippen LogP contribution in [0.25, 0.3) is 127 Å². The third kappa shape index (κ3) is 6.41. The van der Waals surface area contributed by atoms with Crippen LogP contribution in [0.4, 0.5) is 17.1 Å². The number of hydrogen-bond donors (Lipinski definition) is 0. The first-order valence-corrected chi connectivity index (χ1v) is 29.9. The van der Waals surface area contributed by atoms with Crippen LogP contribution in [0.1, 0.15) is 74.9 Å². The number of aromatic nitrogens is 1. The maximum Gasteiger partial charge on any atom is 0.144 e. The second-order valence-corrected chi connectivity index (χ2v) is 25.5. The van der Waals surface area contributed by atoms with E-state index in [-0.39, 0.29) is 10.8 Å². The van der Waals surface area contributed by atoms with Gasteiger partial charge in [-0.2, -0.15) is 0 Å². The molecular weight excluding hydrogens is 1030 g/mol. The Labute approximate surface area is 493 Å². The van der Waals surface area contributed by atoms with Gasteiger partial charge in [0.05, 0.1) is 16.7 Å². The van der Waals surface area contributed by atoms with Crippen molar-refractivity contribution in [3.63, 3.8) is 0 Å². The largest absolute Gasteiger partial charge is 0.455 e. The third-order valence-corrected chi connectivity index (χ3v) is 19.9. The first-order valence-electron chi connectivity index (χ1n) is 29.9. The van der Waals surface area contributed by atoms with Crippen molar-refractivity contribution >= 4 is 82.7 Å². The fourth-order valence-corrected chi connectivity index (χ4v) is 16.0. The average Bonchev–Trinajstić information content (AvgIpc) is 1.59. The van der Waals surface area contributed by atoms with Crippen LogP contribution < -0.4 is 4.90 Å². The van der Waals surface area contributed by atoms with E-state index in [0.717, 1.165) is 72.5 Å². The summed E-state index contributed by atoms with van der Waals surface area (Å²) in [5.74, 6) is 0. The van der Waals surface area contributed by atoms with Crippen LogP contribution in [-0.4, -0.2) is 4.57 Å². The van der Waals surface area contributed by atoms with E-state index in [0.29, 0.717) is 0 Å². The van der Waals surface area contributed by atoms with Crippen LogP contribution in [-0.2, 0) is 16.2 Å². The van der Waals surface area contributed by atoms with Crippen LogP contribution >= 0.6 is 0 Å². The van der Waals surface area contributed by atoms with Gasteiger partial charge in [-0.1, -0.05) is 205 Å². The SMILES string of the molecule is CC1(C)c2cc(N(c3ccc4c(c3)C(C)(C)c3c5c(c6oc7ccccc7c6c3-4)-c3ccccc3C5(C)C)c3ccccc3-c3ccccc3)ccc2-c2c1cc(-c1ccc3c(c1)c1ccccc1n3-c1ccccc1)c1oc3ccccc3c21. The van der Waals surface area contributed by atoms with Crippen LogP contribution in [0.2, 0.25) is 0 Å². The lowest BCUT2D eigenvalue weighted by molar-refractivity contribution is 0.600. The number of nitrogens with zero attached hydrogens (tertiary/aromatic N) is 2. The Kier molecular flexibility index (Phi) is 9.67. The molecule has 15 aromatic rings. The standard InChI is InChI=1S/C81H58N2O2/c1-79(2)62-44-50(38-40-55(62)70-64(79)46-59(77-72(70)57-30-16-21-35-68(57)84-77)48-37-42-67-60(43-48)53-28-15-20-34-66(53)83(67)49-25-11-8-12-26-49)82(65-33-19-14-27-52(65)47-23-9-7-10-24-47)51-39-41-56-63(45-51)81(5,6)75-71(56)73-58-31-17-22-36-69(58)85-78(73)74-54-29-13-18-32-61(54)80(3,4)76(74)75/h7-46H,1-6H3. The van der Waals surface area contributed by atoms with Gasteiger partial charge in [0.25, 0.3) is 0 Å². The highest BCUT2D eigenvalue weighted by molar-refractivity contribution is 6.22. The Bertz CT molecular complexity index is 5390. The predicted octanol–water partition coefficient (Wildman–Crippen LogP) is 22.3. The van der Waals surface area contributed by atoms with Gasteiger partial charge in [0.2, 0.25) is 0 Å². The number of fused-ring (bicyclic) bond motifs is 22. The lowest BCUT2D eigenvalue weighted by Gasteiger charge is -2.32. The smallest absolute Gasteiger partial charge is 0.144 e. The normalized spacial score (nSPS) is 14.8. The Morgan fingerprint density at radius 2 is 0.859 bits per heavy atom. The molecule has 404 valence electrons. The molecule has 0 saturated carbocycles. The van der Waals surface area contributed by atoms with E-state index in [4.69, 9.17) is 8.83 Å². The number of anilines is 3. The molecule has 0 N–H and O–H groups in total. The molecule has 3 aliphatic carbocycles. The van der Waals surface area contributed by atoms with Crippen molar-refractivity contribution in [2.24, 2.45) is 0 Å².